The SMILES string of the molecule is O.[Li+].[O-][Si](O)(O)O[Si](O)(O)O. The molecule has 0 atom stereocenters. The smallest absolute Gasteiger partial charge is 0.794 e. The van der Waals surface area contributed by atoms with E-state index in [-0.39, 0.29) is 24.3 Å². The Morgan fingerprint density at radius 2 is 1.27 bits per heavy atom. The number of hydrogen-bond donors (Lipinski definition) is 5. The molecule has 11 heteroatoms. The Balaban J connectivity index is -0.000000320. The maximum absolute atomic E-state index is 9.70. The van der Waals surface area contributed by atoms with Gasteiger partial charge < -0.3 is 38.4 Å². The van der Waals surface area contributed by atoms with Crippen molar-refractivity contribution in [2.75, 3.05) is 0 Å². The molecular formula is H7LiO8Si2. The first kappa shape index (κ1) is 17.7. The van der Waals surface area contributed by atoms with Crippen LogP contribution < -0.4 is 23.7 Å². The van der Waals surface area contributed by atoms with Crippen LogP contribution in [0.15, 0.2) is 0 Å². The summed E-state index contributed by atoms with van der Waals surface area (Å²) in [6, 6.07) is 0. The van der Waals surface area contributed by atoms with E-state index in [1.54, 1.807) is 0 Å². The third-order valence-corrected chi connectivity index (χ3v) is 2.43. The maximum Gasteiger partial charge on any atom is 1.00 e. The Morgan fingerprint density at radius 1 is 1.00 bits per heavy atom. The summed E-state index contributed by atoms with van der Waals surface area (Å²) in [4.78, 5) is 49.0. The average molecular weight is 198 g/mol. The molecule has 0 saturated heterocycles. The van der Waals surface area contributed by atoms with Crippen molar-refractivity contribution in [3.63, 3.8) is 0 Å². The van der Waals surface area contributed by atoms with Crippen molar-refractivity contribution >= 4 is 18.1 Å². The largest absolute Gasteiger partial charge is 1.00 e. The minimum atomic E-state index is -5.23. The number of hydrogen-bond acceptors (Lipinski definition) is 7. The normalized spacial score (nSPS) is 11.5. The van der Waals surface area contributed by atoms with Gasteiger partial charge in [-0.1, -0.05) is 0 Å². The molecule has 0 saturated carbocycles. The van der Waals surface area contributed by atoms with E-state index in [9.17, 15) is 4.80 Å². The first-order chi connectivity index (χ1) is 3.71. The van der Waals surface area contributed by atoms with Gasteiger partial charge in [-0.15, -0.1) is 0 Å². The monoisotopic (exact) mass is 198 g/mol. The molecule has 7 N–H and O–H groups in total. The summed E-state index contributed by atoms with van der Waals surface area (Å²) in [5.74, 6) is 0. The fourth-order valence-corrected chi connectivity index (χ4v) is 1.61. The molecule has 0 rings (SSSR count). The summed E-state index contributed by atoms with van der Waals surface area (Å²) in [6.07, 6.45) is 0. The minimum absolute atomic E-state index is 0. The van der Waals surface area contributed by atoms with Crippen LogP contribution in [0, 0.1) is 0 Å². The van der Waals surface area contributed by atoms with E-state index in [1.165, 1.54) is 0 Å². The van der Waals surface area contributed by atoms with Crippen molar-refractivity contribution in [2.45, 2.75) is 0 Å². The molecular weight excluding hydrogens is 191 g/mol. The van der Waals surface area contributed by atoms with Gasteiger partial charge in [0, 0.05) is 0 Å². The third kappa shape index (κ3) is 18.0. The van der Waals surface area contributed by atoms with Gasteiger partial charge in [0.1, 0.15) is 0 Å². The van der Waals surface area contributed by atoms with Crippen LogP contribution in [0.4, 0.5) is 0 Å². The molecule has 0 unspecified atom stereocenters. The molecule has 0 aromatic heterocycles. The minimum Gasteiger partial charge on any atom is -0.794 e. The van der Waals surface area contributed by atoms with E-state index in [0.29, 0.717) is 0 Å². The van der Waals surface area contributed by atoms with Crippen LogP contribution in [-0.2, 0) is 4.12 Å². The van der Waals surface area contributed by atoms with Crippen molar-refractivity contribution < 1.29 is 57.2 Å². The van der Waals surface area contributed by atoms with Gasteiger partial charge in [0.15, 0.2) is 0 Å². The third-order valence-electron chi connectivity index (χ3n) is 0.270. The van der Waals surface area contributed by atoms with E-state index in [1.807, 2.05) is 0 Å². The molecule has 0 amide bonds. The van der Waals surface area contributed by atoms with Crippen LogP contribution in [0.5, 0.6) is 0 Å². The molecule has 0 bridgehead atoms. The van der Waals surface area contributed by atoms with Gasteiger partial charge in [-0.2, -0.15) is 0 Å². The summed E-state index contributed by atoms with van der Waals surface area (Å²) in [7, 11) is -10.3. The summed E-state index contributed by atoms with van der Waals surface area (Å²) >= 11 is 0. The van der Waals surface area contributed by atoms with Gasteiger partial charge in [0.2, 0.25) is 0 Å². The van der Waals surface area contributed by atoms with Crippen molar-refractivity contribution in [1.29, 1.82) is 0 Å². The van der Waals surface area contributed by atoms with Crippen LogP contribution in [0.2, 0.25) is 0 Å². The topological polar surface area (TPSA) is 165 Å². The Labute approximate surface area is 75.8 Å². The first-order valence-electron chi connectivity index (χ1n) is 1.73. The van der Waals surface area contributed by atoms with Crippen molar-refractivity contribution in [3.8, 4) is 0 Å². The number of rotatable bonds is 2. The zero-order valence-corrected chi connectivity index (χ0v) is 7.55. The van der Waals surface area contributed by atoms with Crippen LogP contribution in [-0.4, -0.2) is 47.6 Å². The molecule has 0 aromatic rings. The Bertz CT molecular complexity index is 77.2. The van der Waals surface area contributed by atoms with Gasteiger partial charge >= 0.3 is 37.0 Å². The summed E-state index contributed by atoms with van der Waals surface area (Å²) in [5.41, 5.74) is 0. The predicted octanol–water partition coefficient (Wildman–Crippen LogP) is -8.62. The molecule has 0 spiro atoms. The zero-order chi connectivity index (χ0) is 7.71. The van der Waals surface area contributed by atoms with Crippen molar-refractivity contribution in [1.82, 2.24) is 0 Å². The Hall–Kier alpha value is 0.711. The second-order valence-electron chi connectivity index (χ2n) is 1.22. The predicted molar refractivity (Wildman–Crippen MR) is 27.3 cm³/mol. The maximum atomic E-state index is 9.70. The quantitative estimate of drug-likeness (QED) is 0.275. The van der Waals surface area contributed by atoms with Crippen molar-refractivity contribution in [3.05, 3.63) is 0 Å². The van der Waals surface area contributed by atoms with Crippen LogP contribution in [0.1, 0.15) is 0 Å². The molecule has 11 heavy (non-hydrogen) atoms. The summed E-state index contributed by atoms with van der Waals surface area (Å²) in [5, 5.41) is 0. The molecule has 8 nitrogen and oxygen atoms in total. The zero-order valence-electron chi connectivity index (χ0n) is 5.55. The van der Waals surface area contributed by atoms with Gasteiger partial charge in [-0.05, 0) is 0 Å². The van der Waals surface area contributed by atoms with E-state index < -0.39 is 18.1 Å². The molecule has 0 fully saturated rings. The van der Waals surface area contributed by atoms with Crippen molar-refractivity contribution in [2.24, 2.45) is 0 Å². The molecule has 0 aliphatic heterocycles. The molecule has 0 aliphatic carbocycles. The van der Waals surface area contributed by atoms with Gasteiger partial charge in [0.05, 0.1) is 0 Å². The first-order valence-corrected chi connectivity index (χ1v) is 5.19. The second-order valence-corrected chi connectivity index (χ2v) is 4.29. The van der Waals surface area contributed by atoms with E-state index in [4.69, 9.17) is 24.0 Å². The van der Waals surface area contributed by atoms with E-state index in [2.05, 4.69) is 4.12 Å². The van der Waals surface area contributed by atoms with Gasteiger partial charge in [0.25, 0.3) is 0 Å². The van der Waals surface area contributed by atoms with Crippen LogP contribution in [0.3, 0.4) is 0 Å². The molecule has 0 heterocycles. The molecule has 0 radical (unpaired) electrons. The van der Waals surface area contributed by atoms with Gasteiger partial charge in [-0.25, -0.2) is 0 Å². The second kappa shape index (κ2) is 5.37. The van der Waals surface area contributed by atoms with Crippen LogP contribution in [0.25, 0.3) is 0 Å². The molecule has 0 aromatic carbocycles. The van der Waals surface area contributed by atoms with Crippen LogP contribution >= 0.6 is 0 Å². The van der Waals surface area contributed by atoms with E-state index >= 15 is 0 Å². The fraction of sp³-hybridized carbons (Fsp3) is 0. The molecule has 64 valence electrons. The van der Waals surface area contributed by atoms with E-state index in [0.717, 1.165) is 0 Å². The fourth-order valence-electron chi connectivity index (χ4n) is 0.178. The Kier molecular flexibility index (Phi) is 8.65. The van der Waals surface area contributed by atoms with Gasteiger partial charge in [-0.3, -0.25) is 0 Å². The summed E-state index contributed by atoms with van der Waals surface area (Å²) in [6.45, 7) is 0. The average Bonchev–Trinajstić information content (AvgIpc) is 1.14. The summed E-state index contributed by atoms with van der Waals surface area (Å²) < 4.78 is 3.12. The Morgan fingerprint density at radius 3 is 1.27 bits per heavy atom. The standard InChI is InChI=1S/Li.H5O7Si2.H2O/c;1-8(2,3)7-9(4,5)6;/h;1-5H;1H2/q+1;-1;. The molecule has 0 aliphatic rings.